The van der Waals surface area contributed by atoms with E-state index in [1.807, 2.05) is 13.8 Å². The number of H-pyrrole nitrogens is 1. The Kier molecular flexibility index (Phi) is 6.01. The minimum atomic E-state index is -0.280. The Labute approximate surface area is 177 Å². The fraction of sp³-hybridized carbons (Fsp3) is 0.435. The van der Waals surface area contributed by atoms with E-state index in [-0.39, 0.29) is 23.6 Å². The summed E-state index contributed by atoms with van der Waals surface area (Å²) in [6.07, 6.45) is 4.56. The van der Waals surface area contributed by atoms with Crippen molar-refractivity contribution in [3.05, 3.63) is 39.3 Å². The lowest BCUT2D eigenvalue weighted by Gasteiger charge is -2.16. The molecule has 0 radical (unpaired) electrons. The molecular formula is C23H30N4O3. The van der Waals surface area contributed by atoms with E-state index in [9.17, 15) is 14.7 Å². The van der Waals surface area contributed by atoms with Gasteiger partial charge < -0.3 is 20.7 Å². The molecule has 1 atom stereocenters. The van der Waals surface area contributed by atoms with Gasteiger partial charge >= 0.3 is 0 Å². The maximum absolute atomic E-state index is 12.9. The third-order valence-corrected chi connectivity index (χ3v) is 5.79. The van der Waals surface area contributed by atoms with Crippen molar-refractivity contribution in [3.8, 4) is 5.75 Å². The summed E-state index contributed by atoms with van der Waals surface area (Å²) in [7, 11) is 0. The average Bonchev–Trinajstić information content (AvgIpc) is 3.15. The quantitative estimate of drug-likeness (QED) is 0.537. The summed E-state index contributed by atoms with van der Waals surface area (Å²) in [5.74, 6) is 0.145. The Morgan fingerprint density at radius 2 is 1.90 bits per heavy atom. The molecule has 7 nitrogen and oxygen atoms in total. The lowest BCUT2D eigenvalue weighted by atomic mass is 10.00. The molecule has 0 aliphatic carbocycles. The molecule has 0 saturated heterocycles. The van der Waals surface area contributed by atoms with Crippen LogP contribution in [-0.4, -0.2) is 32.9 Å². The minimum Gasteiger partial charge on any atom is -0.506 e. The van der Waals surface area contributed by atoms with Crippen LogP contribution in [0.2, 0.25) is 0 Å². The Morgan fingerprint density at radius 1 is 1.20 bits per heavy atom. The summed E-state index contributed by atoms with van der Waals surface area (Å²) in [6.45, 7) is 11.4. The molecule has 30 heavy (non-hydrogen) atoms. The van der Waals surface area contributed by atoms with E-state index < -0.39 is 0 Å². The van der Waals surface area contributed by atoms with Gasteiger partial charge in [-0.25, -0.2) is 4.98 Å². The van der Waals surface area contributed by atoms with Crippen LogP contribution in [0.5, 0.6) is 5.75 Å². The molecule has 0 bridgehead atoms. The van der Waals surface area contributed by atoms with Crippen molar-refractivity contribution < 1.29 is 14.7 Å². The molecule has 160 valence electrons. The number of aromatic amines is 1. The van der Waals surface area contributed by atoms with Crippen LogP contribution in [0.3, 0.4) is 0 Å². The smallest absolute Gasteiger partial charge is 0.257 e. The number of carbonyl (C=O) groups is 2. The van der Waals surface area contributed by atoms with Gasteiger partial charge in [0, 0.05) is 28.6 Å². The lowest BCUT2D eigenvalue weighted by Crippen LogP contribution is -2.34. The third-order valence-electron chi connectivity index (χ3n) is 5.79. The highest BCUT2D eigenvalue weighted by atomic mass is 16.3. The van der Waals surface area contributed by atoms with Crippen LogP contribution in [0, 0.1) is 27.7 Å². The highest BCUT2D eigenvalue weighted by molar-refractivity contribution is 6.35. The monoisotopic (exact) mass is 410 g/mol. The van der Waals surface area contributed by atoms with Crippen molar-refractivity contribution >= 4 is 29.3 Å². The first kappa shape index (κ1) is 21.6. The Morgan fingerprint density at radius 3 is 2.53 bits per heavy atom. The van der Waals surface area contributed by atoms with Gasteiger partial charge in [0.05, 0.1) is 16.8 Å². The molecule has 3 rings (SSSR count). The van der Waals surface area contributed by atoms with Crippen molar-refractivity contribution in [3.63, 3.8) is 0 Å². The normalized spacial score (nSPS) is 15.3. The third kappa shape index (κ3) is 3.72. The molecule has 2 aromatic rings. The van der Waals surface area contributed by atoms with E-state index in [2.05, 4.69) is 34.4 Å². The summed E-state index contributed by atoms with van der Waals surface area (Å²) in [5, 5.41) is 16.2. The number of fused-ring (bicyclic) bond motifs is 1. The molecule has 3 heterocycles. The summed E-state index contributed by atoms with van der Waals surface area (Å²) >= 11 is 0. The van der Waals surface area contributed by atoms with Gasteiger partial charge in [0.1, 0.15) is 11.6 Å². The van der Waals surface area contributed by atoms with Crippen LogP contribution >= 0.6 is 0 Å². The maximum Gasteiger partial charge on any atom is 0.257 e. The van der Waals surface area contributed by atoms with E-state index in [1.54, 1.807) is 19.9 Å². The highest BCUT2D eigenvalue weighted by Gasteiger charge is 2.30. The SMILES string of the molecule is CCCC(CC)NC(=O)c1c(C)[nH]c(/C=C2\C(=O)Nc3nc(C)c(O)c(C)c32)c1C. The maximum atomic E-state index is 12.9. The number of anilines is 1. The predicted molar refractivity (Wildman–Crippen MR) is 119 cm³/mol. The molecule has 2 amide bonds. The minimum absolute atomic E-state index is 0.0807. The highest BCUT2D eigenvalue weighted by Crippen LogP contribution is 2.39. The number of pyridine rings is 1. The van der Waals surface area contributed by atoms with Crippen molar-refractivity contribution in [1.82, 2.24) is 15.3 Å². The number of rotatable bonds is 6. The number of hydrogen-bond donors (Lipinski definition) is 4. The fourth-order valence-corrected chi connectivity index (χ4v) is 4.08. The lowest BCUT2D eigenvalue weighted by molar-refractivity contribution is -0.110. The van der Waals surface area contributed by atoms with Crippen LogP contribution in [-0.2, 0) is 4.79 Å². The molecule has 2 aromatic heterocycles. The number of amides is 2. The van der Waals surface area contributed by atoms with Gasteiger partial charge in [-0.1, -0.05) is 20.3 Å². The van der Waals surface area contributed by atoms with Gasteiger partial charge in [-0.2, -0.15) is 0 Å². The van der Waals surface area contributed by atoms with E-state index in [4.69, 9.17) is 0 Å². The first-order chi connectivity index (χ1) is 14.2. The van der Waals surface area contributed by atoms with Crippen molar-refractivity contribution in [2.75, 3.05) is 5.32 Å². The second-order valence-electron chi connectivity index (χ2n) is 7.94. The number of nitrogens with zero attached hydrogens (tertiary/aromatic N) is 1. The standard InChI is InChI=1S/C23H30N4O3/c1-7-9-15(8-2)26-23(30)18-11(3)17(24-13(18)5)10-16-19-12(4)20(28)14(6)25-21(19)27-22(16)29/h10,15,24,28H,7-9H2,1-6H3,(H,26,30)(H,25,27,29)/b16-10-. The number of aromatic nitrogens is 2. The molecule has 0 fully saturated rings. The molecular weight excluding hydrogens is 380 g/mol. The summed E-state index contributed by atoms with van der Waals surface area (Å²) in [6, 6.07) is 0.144. The van der Waals surface area contributed by atoms with Gasteiger partial charge in [0.15, 0.2) is 0 Å². The van der Waals surface area contributed by atoms with Crippen LogP contribution in [0.1, 0.15) is 77.2 Å². The summed E-state index contributed by atoms with van der Waals surface area (Å²) in [4.78, 5) is 33.0. The summed E-state index contributed by atoms with van der Waals surface area (Å²) < 4.78 is 0. The molecule has 1 unspecified atom stereocenters. The van der Waals surface area contributed by atoms with Crippen LogP contribution in [0.15, 0.2) is 0 Å². The average molecular weight is 411 g/mol. The molecule has 1 aliphatic heterocycles. The number of aryl methyl sites for hydroxylation is 2. The van der Waals surface area contributed by atoms with Gasteiger partial charge in [-0.3, -0.25) is 9.59 Å². The first-order valence-electron chi connectivity index (χ1n) is 10.4. The zero-order chi connectivity index (χ0) is 22.2. The number of nitrogens with one attached hydrogen (secondary N) is 3. The molecule has 7 heteroatoms. The topological polar surface area (TPSA) is 107 Å². The van der Waals surface area contributed by atoms with Gasteiger partial charge in [-0.15, -0.1) is 0 Å². The zero-order valence-corrected chi connectivity index (χ0v) is 18.5. The van der Waals surface area contributed by atoms with E-state index in [1.165, 1.54) is 0 Å². The predicted octanol–water partition coefficient (Wildman–Crippen LogP) is 4.15. The number of aromatic hydroxyl groups is 1. The Bertz CT molecular complexity index is 1050. The molecule has 4 N–H and O–H groups in total. The van der Waals surface area contributed by atoms with E-state index >= 15 is 0 Å². The van der Waals surface area contributed by atoms with Crippen molar-refractivity contribution in [2.24, 2.45) is 0 Å². The zero-order valence-electron chi connectivity index (χ0n) is 18.5. The second-order valence-corrected chi connectivity index (χ2v) is 7.94. The molecule has 0 saturated carbocycles. The van der Waals surface area contributed by atoms with E-state index in [0.29, 0.717) is 39.5 Å². The van der Waals surface area contributed by atoms with Crippen LogP contribution in [0.4, 0.5) is 5.82 Å². The number of hydrogen-bond acceptors (Lipinski definition) is 4. The number of carbonyl (C=O) groups excluding carboxylic acids is 2. The van der Waals surface area contributed by atoms with Crippen molar-refractivity contribution in [2.45, 2.75) is 66.8 Å². The van der Waals surface area contributed by atoms with Crippen LogP contribution in [0.25, 0.3) is 11.6 Å². The molecule has 0 spiro atoms. The summed E-state index contributed by atoms with van der Waals surface area (Å²) in [5.41, 5.74) is 4.92. The fourth-order valence-electron chi connectivity index (χ4n) is 4.08. The largest absolute Gasteiger partial charge is 0.506 e. The Balaban J connectivity index is 2.01. The van der Waals surface area contributed by atoms with Crippen LogP contribution < -0.4 is 10.6 Å². The first-order valence-corrected chi connectivity index (χ1v) is 10.4. The Hall–Kier alpha value is -3.09. The molecule has 0 aromatic carbocycles. The van der Waals surface area contributed by atoms with Gasteiger partial charge in [0.25, 0.3) is 11.8 Å². The van der Waals surface area contributed by atoms with Gasteiger partial charge in [-0.05, 0) is 52.2 Å². The van der Waals surface area contributed by atoms with Crippen molar-refractivity contribution in [1.29, 1.82) is 0 Å². The van der Waals surface area contributed by atoms with Gasteiger partial charge in [0.2, 0.25) is 0 Å². The second kappa shape index (κ2) is 8.34. The van der Waals surface area contributed by atoms with E-state index in [0.717, 1.165) is 30.5 Å². The molecule has 1 aliphatic rings.